The summed E-state index contributed by atoms with van der Waals surface area (Å²) in [5, 5.41) is 0. The minimum atomic E-state index is 0.126. The van der Waals surface area contributed by atoms with E-state index >= 15 is 0 Å². The van der Waals surface area contributed by atoms with Gasteiger partial charge in [-0.3, -0.25) is 4.79 Å². The molecule has 1 fully saturated rings. The normalized spacial score (nSPS) is 15.8. The van der Waals surface area contributed by atoms with Gasteiger partial charge in [0.1, 0.15) is 5.75 Å². The van der Waals surface area contributed by atoms with Crippen molar-refractivity contribution >= 4 is 5.91 Å². The quantitative estimate of drug-likeness (QED) is 0.773. The molecule has 0 N–H and O–H groups in total. The van der Waals surface area contributed by atoms with Crippen molar-refractivity contribution in [3.63, 3.8) is 0 Å². The van der Waals surface area contributed by atoms with Crippen molar-refractivity contribution in [3.05, 3.63) is 29.8 Å². The second kappa shape index (κ2) is 8.21. The molecule has 1 aliphatic rings. The molecule has 1 saturated carbocycles. The maximum absolute atomic E-state index is 12.5. The summed E-state index contributed by atoms with van der Waals surface area (Å²) >= 11 is 0. The van der Waals surface area contributed by atoms with Gasteiger partial charge in [-0.1, -0.05) is 33.1 Å². The Labute approximate surface area is 134 Å². The van der Waals surface area contributed by atoms with Gasteiger partial charge in [-0.15, -0.1) is 0 Å². The molecule has 0 unspecified atom stereocenters. The van der Waals surface area contributed by atoms with Crippen LogP contribution in [-0.4, -0.2) is 30.5 Å². The highest BCUT2D eigenvalue weighted by Gasteiger charge is 2.22. The molecule has 22 heavy (non-hydrogen) atoms. The molecule has 0 radical (unpaired) electrons. The third-order valence-corrected chi connectivity index (χ3v) is 4.51. The SMILES string of the molecule is CC(C)CCOc1ccc(C(=O)N(C)C2CCCCC2)cc1. The molecule has 3 nitrogen and oxygen atoms in total. The van der Waals surface area contributed by atoms with Gasteiger partial charge in [0.25, 0.3) is 5.91 Å². The minimum Gasteiger partial charge on any atom is -0.494 e. The fraction of sp³-hybridized carbons (Fsp3) is 0.632. The van der Waals surface area contributed by atoms with Crippen LogP contribution in [0.4, 0.5) is 0 Å². The Kier molecular flexibility index (Phi) is 6.29. The number of carbonyl (C=O) groups excluding carboxylic acids is 1. The number of carbonyl (C=O) groups is 1. The first-order chi connectivity index (χ1) is 10.6. The van der Waals surface area contributed by atoms with Crippen molar-refractivity contribution in [2.75, 3.05) is 13.7 Å². The second-order valence-corrected chi connectivity index (χ2v) is 6.76. The molecular formula is C19H29NO2. The molecular weight excluding hydrogens is 274 g/mol. The highest BCUT2D eigenvalue weighted by molar-refractivity contribution is 5.94. The summed E-state index contributed by atoms with van der Waals surface area (Å²) in [5.41, 5.74) is 0.754. The zero-order chi connectivity index (χ0) is 15.9. The summed E-state index contributed by atoms with van der Waals surface area (Å²) in [4.78, 5) is 14.5. The largest absolute Gasteiger partial charge is 0.494 e. The van der Waals surface area contributed by atoms with Crippen LogP contribution in [0.25, 0.3) is 0 Å². The number of ether oxygens (including phenoxy) is 1. The maximum Gasteiger partial charge on any atom is 0.253 e. The highest BCUT2D eigenvalue weighted by Crippen LogP contribution is 2.23. The monoisotopic (exact) mass is 303 g/mol. The van der Waals surface area contributed by atoms with E-state index in [-0.39, 0.29) is 5.91 Å². The van der Waals surface area contributed by atoms with Crippen LogP contribution in [-0.2, 0) is 0 Å². The zero-order valence-electron chi connectivity index (χ0n) is 14.2. The van der Waals surface area contributed by atoms with Crippen molar-refractivity contribution in [2.45, 2.75) is 58.4 Å². The number of amides is 1. The van der Waals surface area contributed by atoms with Gasteiger partial charge in [0, 0.05) is 18.7 Å². The third-order valence-electron chi connectivity index (χ3n) is 4.51. The summed E-state index contributed by atoms with van der Waals surface area (Å²) < 4.78 is 5.70. The van der Waals surface area contributed by atoms with Crippen LogP contribution in [0.1, 0.15) is 62.7 Å². The number of rotatable bonds is 6. The lowest BCUT2D eigenvalue weighted by molar-refractivity contribution is 0.0696. The van der Waals surface area contributed by atoms with E-state index in [0.29, 0.717) is 12.0 Å². The molecule has 1 aliphatic carbocycles. The van der Waals surface area contributed by atoms with E-state index in [0.717, 1.165) is 37.2 Å². The molecule has 1 amide bonds. The van der Waals surface area contributed by atoms with Gasteiger partial charge in [0.2, 0.25) is 0 Å². The zero-order valence-corrected chi connectivity index (χ0v) is 14.2. The molecule has 0 aliphatic heterocycles. The van der Waals surface area contributed by atoms with Gasteiger partial charge < -0.3 is 9.64 Å². The van der Waals surface area contributed by atoms with Crippen molar-refractivity contribution in [2.24, 2.45) is 5.92 Å². The minimum absolute atomic E-state index is 0.126. The Morgan fingerprint density at radius 2 is 1.82 bits per heavy atom. The molecule has 122 valence electrons. The molecule has 2 rings (SSSR count). The fourth-order valence-corrected chi connectivity index (χ4v) is 2.94. The van der Waals surface area contributed by atoms with Crippen molar-refractivity contribution in [1.29, 1.82) is 0 Å². The third kappa shape index (κ3) is 4.75. The van der Waals surface area contributed by atoms with E-state index in [1.807, 2.05) is 36.2 Å². The molecule has 0 spiro atoms. The van der Waals surface area contributed by atoms with Crippen molar-refractivity contribution < 1.29 is 9.53 Å². The van der Waals surface area contributed by atoms with Crippen molar-refractivity contribution in [3.8, 4) is 5.75 Å². The van der Waals surface area contributed by atoms with Crippen LogP contribution in [0.15, 0.2) is 24.3 Å². The van der Waals surface area contributed by atoms with Crippen LogP contribution < -0.4 is 4.74 Å². The fourth-order valence-electron chi connectivity index (χ4n) is 2.94. The van der Waals surface area contributed by atoms with E-state index in [9.17, 15) is 4.79 Å². The molecule has 1 aromatic rings. The van der Waals surface area contributed by atoms with Gasteiger partial charge in [-0.05, 0) is 49.4 Å². The molecule has 0 heterocycles. The Bertz CT molecular complexity index is 461. The van der Waals surface area contributed by atoms with E-state index < -0.39 is 0 Å². The van der Waals surface area contributed by atoms with Gasteiger partial charge in [0.15, 0.2) is 0 Å². The Balaban J connectivity index is 1.89. The predicted octanol–water partition coefficient (Wildman–Crippen LogP) is 4.52. The molecule has 0 bridgehead atoms. The standard InChI is InChI=1S/C19H29NO2/c1-15(2)13-14-22-18-11-9-16(10-12-18)19(21)20(3)17-7-5-4-6-8-17/h9-12,15,17H,4-8,13-14H2,1-3H3. The molecule has 0 atom stereocenters. The van der Waals surface area contributed by atoms with E-state index in [2.05, 4.69) is 13.8 Å². The average Bonchev–Trinajstić information content (AvgIpc) is 2.54. The van der Waals surface area contributed by atoms with Crippen LogP contribution in [0.2, 0.25) is 0 Å². The lowest BCUT2D eigenvalue weighted by Gasteiger charge is -2.31. The summed E-state index contributed by atoms with van der Waals surface area (Å²) in [6.07, 6.45) is 7.11. The van der Waals surface area contributed by atoms with Gasteiger partial charge in [-0.2, -0.15) is 0 Å². The molecule has 3 heteroatoms. The Morgan fingerprint density at radius 3 is 2.41 bits per heavy atom. The van der Waals surface area contributed by atoms with E-state index in [1.54, 1.807) is 0 Å². The smallest absolute Gasteiger partial charge is 0.253 e. The van der Waals surface area contributed by atoms with Crippen LogP contribution in [0.5, 0.6) is 5.75 Å². The van der Waals surface area contributed by atoms with Crippen LogP contribution >= 0.6 is 0 Å². The summed E-state index contributed by atoms with van der Waals surface area (Å²) in [7, 11) is 1.94. The lowest BCUT2D eigenvalue weighted by Crippen LogP contribution is -2.38. The molecule has 1 aromatic carbocycles. The average molecular weight is 303 g/mol. The predicted molar refractivity (Wildman–Crippen MR) is 90.4 cm³/mol. The van der Waals surface area contributed by atoms with E-state index in [4.69, 9.17) is 4.74 Å². The summed E-state index contributed by atoms with van der Waals surface area (Å²) in [6.45, 7) is 5.10. The first-order valence-corrected chi connectivity index (χ1v) is 8.58. The number of benzene rings is 1. The van der Waals surface area contributed by atoms with Gasteiger partial charge in [0.05, 0.1) is 6.61 Å². The highest BCUT2D eigenvalue weighted by atomic mass is 16.5. The molecule has 0 saturated heterocycles. The molecule has 0 aromatic heterocycles. The first-order valence-electron chi connectivity index (χ1n) is 8.58. The summed E-state index contributed by atoms with van der Waals surface area (Å²) in [5.74, 6) is 1.61. The van der Waals surface area contributed by atoms with E-state index in [1.165, 1.54) is 19.3 Å². The Hall–Kier alpha value is -1.51. The van der Waals surface area contributed by atoms with Gasteiger partial charge >= 0.3 is 0 Å². The topological polar surface area (TPSA) is 29.5 Å². The van der Waals surface area contributed by atoms with Crippen LogP contribution in [0, 0.1) is 5.92 Å². The number of hydrogen-bond acceptors (Lipinski definition) is 2. The van der Waals surface area contributed by atoms with Gasteiger partial charge in [-0.25, -0.2) is 0 Å². The van der Waals surface area contributed by atoms with Crippen LogP contribution in [0.3, 0.4) is 0 Å². The Morgan fingerprint density at radius 1 is 1.18 bits per heavy atom. The lowest BCUT2D eigenvalue weighted by atomic mass is 9.94. The summed E-state index contributed by atoms with van der Waals surface area (Å²) in [6, 6.07) is 7.98. The maximum atomic E-state index is 12.5. The number of nitrogens with zero attached hydrogens (tertiary/aromatic N) is 1. The van der Waals surface area contributed by atoms with Crippen molar-refractivity contribution in [1.82, 2.24) is 4.90 Å². The first kappa shape index (κ1) is 16.9. The second-order valence-electron chi connectivity index (χ2n) is 6.76. The number of hydrogen-bond donors (Lipinski definition) is 0.